The van der Waals surface area contributed by atoms with Crippen molar-refractivity contribution in [1.82, 2.24) is 20.0 Å². The lowest BCUT2D eigenvalue weighted by Gasteiger charge is -2.29. The van der Waals surface area contributed by atoms with Gasteiger partial charge in [0.25, 0.3) is 5.91 Å². The van der Waals surface area contributed by atoms with Crippen LogP contribution in [0.4, 0.5) is 0 Å². The molecule has 0 saturated heterocycles. The van der Waals surface area contributed by atoms with Crippen LogP contribution in [0.25, 0.3) is 0 Å². The Hall–Kier alpha value is -2.63. The Balaban J connectivity index is 1.76. The maximum absolute atomic E-state index is 12.7. The topological polar surface area (TPSA) is 67.2 Å². The third-order valence-corrected chi connectivity index (χ3v) is 4.80. The molecule has 3 rings (SSSR count). The number of rotatable bonds is 4. The van der Waals surface area contributed by atoms with Gasteiger partial charge >= 0.3 is 0 Å². The molecule has 0 bridgehead atoms. The average molecular weight is 354 g/mol. The van der Waals surface area contributed by atoms with E-state index in [-0.39, 0.29) is 17.7 Å². The van der Waals surface area contributed by atoms with E-state index < -0.39 is 0 Å². The molecule has 0 radical (unpaired) electrons. The van der Waals surface area contributed by atoms with Gasteiger partial charge < -0.3 is 10.2 Å². The molecule has 0 unspecified atom stereocenters. The molecule has 6 nitrogen and oxygen atoms in total. The van der Waals surface area contributed by atoms with Gasteiger partial charge in [-0.3, -0.25) is 14.3 Å². The fourth-order valence-electron chi connectivity index (χ4n) is 3.42. The Kier molecular flexibility index (Phi) is 5.11. The van der Waals surface area contributed by atoms with Crippen LogP contribution in [0.15, 0.2) is 24.3 Å². The molecule has 2 amide bonds. The predicted octanol–water partition coefficient (Wildman–Crippen LogP) is 2.20. The Morgan fingerprint density at radius 2 is 2.08 bits per heavy atom. The molecular formula is C20H26N4O2. The van der Waals surface area contributed by atoms with Crippen LogP contribution in [0.5, 0.6) is 0 Å². The molecule has 26 heavy (non-hydrogen) atoms. The molecule has 0 saturated carbocycles. The fourth-order valence-corrected chi connectivity index (χ4v) is 3.42. The van der Waals surface area contributed by atoms with E-state index in [0.717, 1.165) is 28.8 Å². The van der Waals surface area contributed by atoms with Crippen molar-refractivity contribution in [3.63, 3.8) is 0 Å². The monoisotopic (exact) mass is 354 g/mol. The predicted molar refractivity (Wildman–Crippen MR) is 99.5 cm³/mol. The van der Waals surface area contributed by atoms with E-state index in [4.69, 9.17) is 0 Å². The molecule has 1 aliphatic rings. The van der Waals surface area contributed by atoms with Gasteiger partial charge in [0, 0.05) is 50.3 Å². The number of fused-ring (bicyclic) bond motifs is 1. The summed E-state index contributed by atoms with van der Waals surface area (Å²) >= 11 is 0. The van der Waals surface area contributed by atoms with Gasteiger partial charge in [-0.05, 0) is 12.5 Å². The molecule has 1 aromatic heterocycles. The summed E-state index contributed by atoms with van der Waals surface area (Å²) in [5, 5.41) is 7.38. The second-order valence-electron chi connectivity index (χ2n) is 7.23. The van der Waals surface area contributed by atoms with Gasteiger partial charge in [0.2, 0.25) is 5.91 Å². The zero-order valence-electron chi connectivity index (χ0n) is 15.9. The zero-order chi connectivity index (χ0) is 18.8. The van der Waals surface area contributed by atoms with Gasteiger partial charge in [0.15, 0.2) is 5.69 Å². The highest BCUT2D eigenvalue weighted by molar-refractivity contribution is 5.94. The second kappa shape index (κ2) is 7.32. The molecule has 2 heterocycles. The summed E-state index contributed by atoms with van der Waals surface area (Å²) in [5.41, 5.74) is 4.55. The van der Waals surface area contributed by atoms with E-state index >= 15 is 0 Å². The van der Waals surface area contributed by atoms with E-state index in [9.17, 15) is 9.59 Å². The number of aromatic nitrogens is 2. The van der Waals surface area contributed by atoms with Crippen molar-refractivity contribution in [3.05, 3.63) is 52.3 Å². The van der Waals surface area contributed by atoms with Gasteiger partial charge in [-0.1, -0.05) is 43.7 Å². The highest BCUT2D eigenvalue weighted by Gasteiger charge is 2.29. The Labute approximate surface area is 154 Å². The fraction of sp³-hybridized carbons (Fsp3) is 0.450. The van der Waals surface area contributed by atoms with Crippen molar-refractivity contribution < 1.29 is 9.59 Å². The number of hydrogen-bond donors (Lipinski definition) is 1. The number of aryl methyl sites for hydroxylation is 2. The van der Waals surface area contributed by atoms with Crippen LogP contribution in [-0.2, 0) is 31.4 Å². The number of carbonyl (C=O) groups is 2. The molecule has 1 N–H and O–H groups in total. The number of hydrogen-bond acceptors (Lipinski definition) is 3. The standard InChI is InChI=1S/C20H26N4O2/c1-13(2)20(26)24-9-8-17-16(12-24)18(22-23(17)4)19(25)21-11-15-7-5-6-14(3)10-15/h5-7,10,13H,8-9,11-12H2,1-4H3,(H,21,25). The van der Waals surface area contributed by atoms with Crippen LogP contribution < -0.4 is 5.32 Å². The first-order valence-corrected chi connectivity index (χ1v) is 9.04. The molecule has 138 valence electrons. The third-order valence-electron chi connectivity index (χ3n) is 4.80. The van der Waals surface area contributed by atoms with Crippen molar-refractivity contribution in [2.75, 3.05) is 6.54 Å². The van der Waals surface area contributed by atoms with Crippen molar-refractivity contribution in [2.24, 2.45) is 13.0 Å². The molecule has 0 aliphatic carbocycles. The van der Waals surface area contributed by atoms with Crippen LogP contribution in [0, 0.1) is 12.8 Å². The maximum atomic E-state index is 12.7. The lowest BCUT2D eigenvalue weighted by molar-refractivity contribution is -0.135. The van der Waals surface area contributed by atoms with Gasteiger partial charge in [0.1, 0.15) is 0 Å². The number of nitrogens with zero attached hydrogens (tertiary/aromatic N) is 3. The zero-order valence-corrected chi connectivity index (χ0v) is 15.9. The maximum Gasteiger partial charge on any atom is 0.272 e. The Bertz CT molecular complexity index is 838. The van der Waals surface area contributed by atoms with Crippen LogP contribution in [0.2, 0.25) is 0 Å². The summed E-state index contributed by atoms with van der Waals surface area (Å²) < 4.78 is 1.77. The number of benzene rings is 1. The van der Waals surface area contributed by atoms with E-state index in [1.54, 1.807) is 4.68 Å². The van der Waals surface area contributed by atoms with Gasteiger partial charge in [0.05, 0.1) is 0 Å². The minimum Gasteiger partial charge on any atom is -0.347 e. The van der Waals surface area contributed by atoms with Crippen LogP contribution in [-0.4, -0.2) is 33.0 Å². The quantitative estimate of drug-likeness (QED) is 0.915. The summed E-state index contributed by atoms with van der Waals surface area (Å²) in [6.07, 6.45) is 0.725. The van der Waals surface area contributed by atoms with E-state index in [1.165, 1.54) is 0 Å². The first kappa shape index (κ1) is 18.2. The van der Waals surface area contributed by atoms with Crippen LogP contribution in [0.3, 0.4) is 0 Å². The Morgan fingerprint density at radius 3 is 2.77 bits per heavy atom. The summed E-state index contributed by atoms with van der Waals surface area (Å²) in [4.78, 5) is 26.9. The second-order valence-corrected chi connectivity index (χ2v) is 7.23. The first-order chi connectivity index (χ1) is 12.4. The lowest BCUT2D eigenvalue weighted by Crippen LogP contribution is -2.39. The largest absolute Gasteiger partial charge is 0.347 e. The smallest absolute Gasteiger partial charge is 0.272 e. The van der Waals surface area contributed by atoms with E-state index in [1.807, 2.05) is 50.9 Å². The van der Waals surface area contributed by atoms with Gasteiger partial charge in [-0.2, -0.15) is 5.10 Å². The molecule has 1 aromatic carbocycles. The summed E-state index contributed by atoms with van der Waals surface area (Å²) in [5.74, 6) is -0.125. The normalized spacial score (nSPS) is 13.7. The lowest BCUT2D eigenvalue weighted by atomic mass is 10.0. The molecule has 0 fully saturated rings. The van der Waals surface area contributed by atoms with Crippen LogP contribution >= 0.6 is 0 Å². The van der Waals surface area contributed by atoms with Crippen molar-refractivity contribution >= 4 is 11.8 Å². The molecule has 6 heteroatoms. The highest BCUT2D eigenvalue weighted by atomic mass is 16.2. The number of amides is 2. The average Bonchev–Trinajstić information content (AvgIpc) is 2.95. The first-order valence-electron chi connectivity index (χ1n) is 9.04. The molecule has 1 aliphatic heterocycles. The molecule has 2 aromatic rings. The van der Waals surface area contributed by atoms with E-state index in [0.29, 0.717) is 25.3 Å². The molecule has 0 spiro atoms. The Morgan fingerprint density at radius 1 is 1.31 bits per heavy atom. The molecular weight excluding hydrogens is 328 g/mol. The SMILES string of the molecule is Cc1cccc(CNC(=O)c2nn(C)c3c2CN(C(=O)C(C)C)CC3)c1. The summed E-state index contributed by atoms with van der Waals surface area (Å²) in [6.45, 7) is 7.41. The van der Waals surface area contributed by atoms with Gasteiger partial charge in [-0.25, -0.2) is 0 Å². The molecule has 0 atom stereocenters. The van der Waals surface area contributed by atoms with Gasteiger partial charge in [-0.15, -0.1) is 0 Å². The van der Waals surface area contributed by atoms with Crippen LogP contribution in [0.1, 0.15) is 46.7 Å². The van der Waals surface area contributed by atoms with Crippen molar-refractivity contribution in [1.29, 1.82) is 0 Å². The minimum atomic E-state index is -0.192. The van der Waals surface area contributed by atoms with E-state index in [2.05, 4.69) is 16.5 Å². The van der Waals surface area contributed by atoms with Crippen molar-refractivity contribution in [2.45, 2.75) is 40.3 Å². The minimum absolute atomic E-state index is 0.0492. The third kappa shape index (κ3) is 3.64. The number of nitrogens with one attached hydrogen (secondary N) is 1. The summed E-state index contributed by atoms with van der Waals surface area (Å²) in [6, 6.07) is 8.05. The summed E-state index contributed by atoms with van der Waals surface area (Å²) in [7, 11) is 1.86. The van der Waals surface area contributed by atoms with Crippen molar-refractivity contribution in [3.8, 4) is 0 Å². The highest BCUT2D eigenvalue weighted by Crippen LogP contribution is 2.23. The number of carbonyl (C=O) groups excluding carboxylic acids is 2.